The van der Waals surface area contributed by atoms with Crippen molar-refractivity contribution >= 4 is 32.4 Å². The van der Waals surface area contributed by atoms with E-state index in [1.807, 2.05) is 0 Å². The molecule has 0 bridgehead atoms. The molecule has 1 aliphatic rings. The minimum Gasteiger partial charge on any atom is -0.364 e. The Morgan fingerprint density at radius 2 is 1.30 bits per heavy atom. The Bertz CT molecular complexity index is 982. The zero-order valence-corrected chi connectivity index (χ0v) is 24.7. The summed E-state index contributed by atoms with van der Waals surface area (Å²) in [5, 5.41) is 0. The van der Waals surface area contributed by atoms with Gasteiger partial charge in [0.15, 0.2) is 0 Å². The van der Waals surface area contributed by atoms with E-state index < -0.39 is 0 Å². The van der Waals surface area contributed by atoms with E-state index in [-0.39, 0.29) is 16.5 Å². The van der Waals surface area contributed by atoms with Gasteiger partial charge in [0.2, 0.25) is 0 Å². The fraction of sp³-hybridized carbons (Fsp3) is 0.567. The lowest BCUT2D eigenvalue weighted by atomic mass is 9.52. The number of benzene rings is 2. The molecule has 0 aliphatic carbocycles. The third-order valence-electron chi connectivity index (χ3n) is 7.90. The number of aryl methyl sites for hydroxylation is 2. The molecular formula is C30H44BBrN. The number of rotatable bonds is 5. The fourth-order valence-corrected chi connectivity index (χ4v) is 7.80. The Kier molecular flexibility index (Phi) is 7.28. The van der Waals surface area contributed by atoms with Crippen LogP contribution >= 0.6 is 15.8 Å². The van der Waals surface area contributed by atoms with E-state index in [1.54, 1.807) is 0 Å². The second kappa shape index (κ2) is 9.10. The van der Waals surface area contributed by atoms with Crippen LogP contribution in [0.25, 0.3) is 0 Å². The van der Waals surface area contributed by atoms with Crippen LogP contribution in [-0.4, -0.2) is 11.1 Å². The zero-order valence-electron chi connectivity index (χ0n) is 23.1. The van der Waals surface area contributed by atoms with Gasteiger partial charge in [-0.05, 0) is 87.5 Å². The molecule has 1 aliphatic heterocycles. The quantitative estimate of drug-likeness (QED) is 0.365. The van der Waals surface area contributed by atoms with Crippen LogP contribution in [0.15, 0.2) is 24.3 Å². The van der Waals surface area contributed by atoms with Gasteiger partial charge in [-0.2, -0.15) is 0 Å². The molecule has 1 fully saturated rings. The van der Waals surface area contributed by atoms with Crippen molar-refractivity contribution in [2.24, 2.45) is 5.41 Å². The van der Waals surface area contributed by atoms with E-state index in [2.05, 4.69) is 128 Å². The minimum atomic E-state index is 0.0279. The number of nitrogens with zero attached hydrogens (tertiary/aromatic N) is 1. The van der Waals surface area contributed by atoms with Gasteiger partial charge in [-0.15, -0.1) is 15.8 Å². The molecule has 33 heavy (non-hydrogen) atoms. The molecule has 1 heterocycles. The highest BCUT2D eigenvalue weighted by Crippen LogP contribution is 2.56. The molecule has 1 saturated heterocycles. The van der Waals surface area contributed by atoms with Crippen LogP contribution in [0.2, 0.25) is 0 Å². The molecule has 0 atom stereocenters. The molecule has 0 saturated carbocycles. The van der Waals surface area contributed by atoms with Gasteiger partial charge in [0.05, 0.1) is 5.94 Å². The van der Waals surface area contributed by atoms with Crippen molar-refractivity contribution in [2.45, 2.75) is 107 Å². The fourth-order valence-electron chi connectivity index (χ4n) is 6.29. The largest absolute Gasteiger partial charge is 0.364 e. The first-order chi connectivity index (χ1) is 15.1. The predicted molar refractivity (Wildman–Crippen MR) is 153 cm³/mol. The van der Waals surface area contributed by atoms with E-state index in [4.69, 9.17) is 0 Å². The summed E-state index contributed by atoms with van der Waals surface area (Å²) in [6.07, 6.45) is 1.13. The summed E-state index contributed by atoms with van der Waals surface area (Å²) < 4.78 is 0. The van der Waals surface area contributed by atoms with Crippen LogP contribution in [0.3, 0.4) is 0 Å². The molecule has 0 aromatic heterocycles. The summed E-state index contributed by atoms with van der Waals surface area (Å²) >= 11 is 4.29. The van der Waals surface area contributed by atoms with E-state index in [1.165, 1.54) is 50.5 Å². The van der Waals surface area contributed by atoms with Crippen molar-refractivity contribution in [1.82, 2.24) is 0 Å². The minimum absolute atomic E-state index is 0.0279. The van der Waals surface area contributed by atoms with Gasteiger partial charge in [-0.1, -0.05) is 82.4 Å². The Morgan fingerprint density at radius 3 is 1.73 bits per heavy atom. The second-order valence-electron chi connectivity index (χ2n) is 12.2. The summed E-state index contributed by atoms with van der Waals surface area (Å²) in [5.74, 6) is 2.44. The normalized spacial score (nSPS) is 18.0. The smallest absolute Gasteiger partial charge is 0.285 e. The molecular weight excluding hydrogens is 465 g/mol. The van der Waals surface area contributed by atoms with E-state index >= 15 is 0 Å². The maximum atomic E-state index is 4.29. The van der Waals surface area contributed by atoms with Gasteiger partial charge in [0.25, 0.3) is 5.54 Å². The van der Waals surface area contributed by atoms with Crippen LogP contribution in [-0.2, 0) is 0 Å². The lowest BCUT2D eigenvalue weighted by molar-refractivity contribution is 0.383. The van der Waals surface area contributed by atoms with Gasteiger partial charge in [0, 0.05) is 11.2 Å². The van der Waals surface area contributed by atoms with Gasteiger partial charge >= 0.3 is 0 Å². The highest BCUT2D eigenvalue weighted by molar-refractivity contribution is 9.25. The summed E-state index contributed by atoms with van der Waals surface area (Å²) in [7, 11) is 0. The Hall–Kier alpha value is -1.22. The molecule has 1 radical (unpaired) electrons. The van der Waals surface area contributed by atoms with Crippen molar-refractivity contribution in [3.8, 4) is 0 Å². The van der Waals surface area contributed by atoms with E-state index in [9.17, 15) is 0 Å². The summed E-state index contributed by atoms with van der Waals surface area (Å²) in [5.41, 5.74) is 11.7. The second-order valence-corrected chi connectivity index (χ2v) is 13.1. The van der Waals surface area contributed by atoms with E-state index in [0.717, 1.165) is 6.42 Å². The van der Waals surface area contributed by atoms with Crippen LogP contribution in [0.1, 0.15) is 107 Å². The first-order valence-electron chi connectivity index (χ1n) is 12.6. The Balaban J connectivity index is 2.34. The number of hydrogen-bond acceptors (Lipinski definition) is 1. The third-order valence-corrected chi connectivity index (χ3v) is 8.79. The van der Waals surface area contributed by atoms with Crippen molar-refractivity contribution < 1.29 is 0 Å². The number of para-hydroxylation sites is 1. The number of anilines is 1. The van der Waals surface area contributed by atoms with Gasteiger partial charge in [0.1, 0.15) is 0 Å². The maximum absolute atomic E-state index is 4.29. The monoisotopic (exact) mass is 508 g/mol. The molecule has 1 nitrogen and oxygen atoms in total. The van der Waals surface area contributed by atoms with Crippen LogP contribution in [0, 0.1) is 39.1 Å². The summed E-state index contributed by atoms with van der Waals surface area (Å²) in [4.78, 5) is 2.74. The lowest BCUT2D eigenvalue weighted by Gasteiger charge is -2.44. The van der Waals surface area contributed by atoms with Crippen molar-refractivity contribution in [3.63, 3.8) is 0 Å². The standard InChI is InChI=1S/C30H44BBrN/c1-18(2)24-14-13-15-25(19(3)4)27(24)33-28(29(9,10)17-30(33,11)12)31(32)26-22(7)20(5)16-21(6)23(26)8/h13-16,18-19H,17H2,1-12H3. The lowest BCUT2D eigenvalue weighted by Crippen LogP contribution is -2.51. The summed E-state index contributed by atoms with van der Waals surface area (Å²) in [6, 6.07) is 9.29. The van der Waals surface area contributed by atoms with Crippen molar-refractivity contribution in [2.75, 3.05) is 4.90 Å². The maximum Gasteiger partial charge on any atom is 0.285 e. The predicted octanol–water partition coefficient (Wildman–Crippen LogP) is 8.55. The van der Waals surface area contributed by atoms with Gasteiger partial charge < -0.3 is 4.90 Å². The van der Waals surface area contributed by atoms with Crippen LogP contribution in [0.4, 0.5) is 5.69 Å². The summed E-state index contributed by atoms with van der Waals surface area (Å²) in [6.45, 7) is 28.2. The zero-order chi connectivity index (χ0) is 25.0. The highest BCUT2D eigenvalue weighted by atomic mass is 79.9. The Labute approximate surface area is 212 Å². The topological polar surface area (TPSA) is 3.24 Å². The molecule has 3 heteroatoms. The van der Waals surface area contributed by atoms with Crippen molar-refractivity contribution in [3.05, 3.63) is 63.6 Å². The first kappa shape index (κ1) is 26.4. The molecule has 0 amide bonds. The SMILES string of the molecule is Cc1cc(C)c(C)c(B(Br)[C]2N(c3c(C(C)C)cccc3C(C)C)C(C)(C)CC2(C)C)c1C. The van der Waals surface area contributed by atoms with Crippen LogP contribution in [0.5, 0.6) is 0 Å². The molecule has 3 rings (SSSR count). The average molecular weight is 509 g/mol. The van der Waals surface area contributed by atoms with E-state index in [0.29, 0.717) is 11.8 Å². The average Bonchev–Trinajstić information content (AvgIpc) is 2.88. The molecule has 0 spiro atoms. The third kappa shape index (κ3) is 4.56. The Morgan fingerprint density at radius 1 is 0.848 bits per heavy atom. The molecule has 2 aromatic carbocycles. The van der Waals surface area contributed by atoms with Gasteiger partial charge in [-0.3, -0.25) is 0 Å². The molecule has 0 unspecified atom stereocenters. The number of hydrogen-bond donors (Lipinski definition) is 0. The molecule has 2 aromatic rings. The van der Waals surface area contributed by atoms with Gasteiger partial charge in [-0.25, -0.2) is 0 Å². The van der Waals surface area contributed by atoms with Crippen molar-refractivity contribution in [1.29, 1.82) is 0 Å². The molecule has 0 N–H and O–H groups in total. The van der Waals surface area contributed by atoms with Crippen LogP contribution < -0.4 is 10.4 Å². The molecule has 179 valence electrons. The number of halogens is 1. The highest BCUT2D eigenvalue weighted by Gasteiger charge is 2.56. The first-order valence-corrected chi connectivity index (χ1v) is 13.5.